The standard InChI is InChI=1S/C22H24N2O2/c1-21(2)12-13-22(3,4)19-18(21)23-14-17(24-19)11-8-15-6-9-16(10-7-15)20(25)26-5/h6-7,9-10,14H,12-13H2,1-5H3. The number of esters is 1. The quantitative estimate of drug-likeness (QED) is 0.577. The fourth-order valence-corrected chi connectivity index (χ4v) is 3.22. The lowest BCUT2D eigenvalue weighted by Crippen LogP contribution is -2.36. The van der Waals surface area contributed by atoms with Crippen molar-refractivity contribution in [3.63, 3.8) is 0 Å². The lowest BCUT2D eigenvalue weighted by atomic mass is 9.67. The molecule has 0 N–H and O–H groups in total. The molecule has 26 heavy (non-hydrogen) atoms. The maximum absolute atomic E-state index is 11.5. The summed E-state index contributed by atoms with van der Waals surface area (Å²) < 4.78 is 4.70. The molecule has 1 aromatic carbocycles. The first kappa shape index (κ1) is 18.1. The van der Waals surface area contributed by atoms with Crippen molar-refractivity contribution in [3.8, 4) is 11.8 Å². The van der Waals surface area contributed by atoms with Crippen LogP contribution in [0, 0.1) is 11.8 Å². The number of hydrogen-bond acceptors (Lipinski definition) is 4. The Morgan fingerprint density at radius 3 is 2.23 bits per heavy atom. The van der Waals surface area contributed by atoms with Crippen LogP contribution >= 0.6 is 0 Å². The highest BCUT2D eigenvalue weighted by atomic mass is 16.5. The van der Waals surface area contributed by atoms with Crippen LogP contribution in [0.1, 0.15) is 73.5 Å². The van der Waals surface area contributed by atoms with Crippen molar-refractivity contribution in [2.75, 3.05) is 7.11 Å². The molecule has 3 rings (SSSR count). The maximum atomic E-state index is 11.5. The molecule has 134 valence electrons. The molecule has 1 heterocycles. The zero-order valence-corrected chi connectivity index (χ0v) is 16.0. The summed E-state index contributed by atoms with van der Waals surface area (Å²) >= 11 is 0. The van der Waals surface area contributed by atoms with Crippen molar-refractivity contribution in [1.82, 2.24) is 9.97 Å². The number of benzene rings is 1. The fourth-order valence-electron chi connectivity index (χ4n) is 3.22. The van der Waals surface area contributed by atoms with Gasteiger partial charge in [0.1, 0.15) is 5.69 Å². The number of fused-ring (bicyclic) bond motifs is 1. The van der Waals surface area contributed by atoms with Gasteiger partial charge in [-0.25, -0.2) is 9.78 Å². The first-order valence-electron chi connectivity index (χ1n) is 8.81. The van der Waals surface area contributed by atoms with Crippen LogP contribution in [0.2, 0.25) is 0 Å². The second-order valence-corrected chi connectivity index (χ2v) is 8.04. The summed E-state index contributed by atoms with van der Waals surface area (Å²) in [6, 6.07) is 7.02. The van der Waals surface area contributed by atoms with Crippen LogP contribution in [-0.4, -0.2) is 23.0 Å². The van der Waals surface area contributed by atoms with Gasteiger partial charge in [0.2, 0.25) is 0 Å². The summed E-state index contributed by atoms with van der Waals surface area (Å²) in [6.45, 7) is 8.89. The van der Waals surface area contributed by atoms with Gasteiger partial charge in [-0.15, -0.1) is 0 Å². The summed E-state index contributed by atoms with van der Waals surface area (Å²) in [6.07, 6.45) is 3.96. The smallest absolute Gasteiger partial charge is 0.337 e. The minimum Gasteiger partial charge on any atom is -0.465 e. The van der Waals surface area contributed by atoms with Gasteiger partial charge >= 0.3 is 5.97 Å². The molecule has 0 aliphatic heterocycles. The van der Waals surface area contributed by atoms with E-state index < -0.39 is 0 Å². The molecule has 4 heteroatoms. The van der Waals surface area contributed by atoms with Gasteiger partial charge in [-0.05, 0) is 43.0 Å². The molecule has 0 spiro atoms. The highest BCUT2D eigenvalue weighted by Crippen LogP contribution is 2.43. The highest BCUT2D eigenvalue weighted by molar-refractivity contribution is 5.89. The summed E-state index contributed by atoms with van der Waals surface area (Å²) in [5, 5.41) is 0. The fraction of sp³-hybridized carbons (Fsp3) is 0.409. The van der Waals surface area contributed by atoms with Gasteiger partial charge in [0.15, 0.2) is 0 Å². The van der Waals surface area contributed by atoms with E-state index in [2.05, 4.69) is 39.5 Å². The zero-order valence-electron chi connectivity index (χ0n) is 16.0. The lowest BCUT2D eigenvalue weighted by Gasteiger charge is -2.39. The largest absolute Gasteiger partial charge is 0.465 e. The summed E-state index contributed by atoms with van der Waals surface area (Å²) in [7, 11) is 1.37. The van der Waals surface area contributed by atoms with E-state index in [1.54, 1.807) is 30.5 Å². The number of nitrogens with zero attached hydrogens (tertiary/aromatic N) is 2. The molecule has 4 nitrogen and oxygen atoms in total. The molecule has 0 saturated carbocycles. The van der Waals surface area contributed by atoms with E-state index in [1.807, 2.05) is 0 Å². The Morgan fingerprint density at radius 2 is 1.62 bits per heavy atom. The molecule has 1 aliphatic rings. The SMILES string of the molecule is COC(=O)c1ccc(C#Cc2cnc3c(n2)C(C)(C)CCC3(C)C)cc1. The van der Waals surface area contributed by atoms with E-state index in [4.69, 9.17) is 14.7 Å². The molecule has 1 aromatic heterocycles. The van der Waals surface area contributed by atoms with E-state index in [0.29, 0.717) is 11.3 Å². The number of rotatable bonds is 1. The van der Waals surface area contributed by atoms with Crippen molar-refractivity contribution in [2.45, 2.75) is 51.4 Å². The Morgan fingerprint density at radius 1 is 1.00 bits per heavy atom. The Labute approximate surface area is 155 Å². The minimum absolute atomic E-state index is 0.0116. The normalized spacial score (nSPS) is 16.8. The molecular formula is C22H24N2O2. The first-order valence-corrected chi connectivity index (χ1v) is 8.81. The van der Waals surface area contributed by atoms with Gasteiger partial charge < -0.3 is 4.74 Å². The molecule has 0 radical (unpaired) electrons. The number of aromatic nitrogens is 2. The summed E-state index contributed by atoms with van der Waals surface area (Å²) in [5.41, 5.74) is 4.20. The Bertz CT molecular complexity index is 900. The van der Waals surface area contributed by atoms with E-state index in [1.165, 1.54) is 7.11 Å². The van der Waals surface area contributed by atoms with Gasteiger partial charge in [-0.2, -0.15) is 0 Å². The lowest BCUT2D eigenvalue weighted by molar-refractivity contribution is 0.0600. The van der Waals surface area contributed by atoms with Crippen molar-refractivity contribution in [3.05, 3.63) is 58.7 Å². The third-order valence-corrected chi connectivity index (χ3v) is 5.07. The Balaban J connectivity index is 1.91. The van der Waals surface area contributed by atoms with E-state index in [0.717, 1.165) is 29.8 Å². The predicted octanol–water partition coefficient (Wildman–Crippen LogP) is 4.01. The van der Waals surface area contributed by atoms with E-state index >= 15 is 0 Å². The van der Waals surface area contributed by atoms with E-state index in [-0.39, 0.29) is 16.8 Å². The van der Waals surface area contributed by atoms with Crippen LogP contribution in [0.15, 0.2) is 30.5 Å². The molecular weight excluding hydrogens is 324 g/mol. The van der Waals surface area contributed by atoms with Gasteiger partial charge in [0, 0.05) is 16.4 Å². The Kier molecular flexibility index (Phi) is 4.58. The molecule has 0 atom stereocenters. The number of carbonyl (C=O) groups is 1. The minimum atomic E-state index is -0.352. The molecule has 2 aromatic rings. The summed E-state index contributed by atoms with van der Waals surface area (Å²) in [5.74, 6) is 5.84. The van der Waals surface area contributed by atoms with Crippen LogP contribution in [0.5, 0.6) is 0 Å². The van der Waals surface area contributed by atoms with Gasteiger partial charge in [-0.1, -0.05) is 33.6 Å². The van der Waals surface area contributed by atoms with Crippen molar-refractivity contribution < 1.29 is 9.53 Å². The van der Waals surface area contributed by atoms with Crippen molar-refractivity contribution in [2.24, 2.45) is 0 Å². The monoisotopic (exact) mass is 348 g/mol. The van der Waals surface area contributed by atoms with Crippen molar-refractivity contribution in [1.29, 1.82) is 0 Å². The molecule has 0 bridgehead atoms. The Hall–Kier alpha value is -2.67. The molecule has 1 aliphatic carbocycles. The van der Waals surface area contributed by atoms with E-state index in [9.17, 15) is 4.79 Å². The number of carbonyl (C=O) groups excluding carboxylic acids is 1. The summed E-state index contributed by atoms with van der Waals surface area (Å²) in [4.78, 5) is 21.0. The highest BCUT2D eigenvalue weighted by Gasteiger charge is 2.39. The average molecular weight is 348 g/mol. The van der Waals surface area contributed by atoms with Crippen LogP contribution in [0.25, 0.3) is 0 Å². The third-order valence-electron chi connectivity index (χ3n) is 5.07. The van der Waals surface area contributed by atoms with Gasteiger partial charge in [0.05, 0.1) is 30.3 Å². The van der Waals surface area contributed by atoms with Crippen LogP contribution < -0.4 is 0 Å². The van der Waals surface area contributed by atoms with Crippen LogP contribution in [0.4, 0.5) is 0 Å². The second-order valence-electron chi connectivity index (χ2n) is 8.04. The number of hydrogen-bond donors (Lipinski definition) is 0. The second kappa shape index (κ2) is 6.57. The molecule has 0 fully saturated rings. The molecule has 0 saturated heterocycles. The first-order chi connectivity index (χ1) is 12.2. The molecule has 0 unspecified atom stereocenters. The average Bonchev–Trinajstić information content (AvgIpc) is 2.63. The topological polar surface area (TPSA) is 52.1 Å². The van der Waals surface area contributed by atoms with Gasteiger partial charge in [0.25, 0.3) is 0 Å². The number of methoxy groups -OCH3 is 1. The van der Waals surface area contributed by atoms with Crippen molar-refractivity contribution >= 4 is 5.97 Å². The zero-order chi connectivity index (χ0) is 18.9. The number of ether oxygens (including phenoxy) is 1. The predicted molar refractivity (Wildman–Crippen MR) is 101 cm³/mol. The third kappa shape index (κ3) is 3.48. The maximum Gasteiger partial charge on any atom is 0.337 e. The van der Waals surface area contributed by atoms with Crippen LogP contribution in [0.3, 0.4) is 0 Å². The van der Waals surface area contributed by atoms with Gasteiger partial charge in [-0.3, -0.25) is 4.98 Å². The van der Waals surface area contributed by atoms with Crippen LogP contribution in [-0.2, 0) is 15.6 Å². The molecule has 0 amide bonds.